The summed E-state index contributed by atoms with van der Waals surface area (Å²) in [5.41, 5.74) is 6.31. The molecule has 0 aromatic heterocycles. The number of carbonyl (C=O) groups excluding carboxylic acids is 1. The third-order valence-corrected chi connectivity index (χ3v) is 3.05. The van der Waals surface area contributed by atoms with Crippen molar-refractivity contribution < 1.29 is 14.3 Å². The summed E-state index contributed by atoms with van der Waals surface area (Å²) in [5, 5.41) is 0. The number of ether oxygens (including phenoxy) is 2. The number of hydrogen-bond donors (Lipinski definition) is 1. The number of methoxy groups -OCH3 is 2. The molecule has 1 atom stereocenters. The highest BCUT2D eigenvalue weighted by molar-refractivity contribution is 5.98. The van der Waals surface area contributed by atoms with E-state index in [1.807, 2.05) is 0 Å². The minimum atomic E-state index is -0.156. The Balaban J connectivity index is 3.02. The van der Waals surface area contributed by atoms with Gasteiger partial charge < -0.3 is 15.2 Å². The van der Waals surface area contributed by atoms with Crippen LogP contribution in [0.2, 0.25) is 0 Å². The summed E-state index contributed by atoms with van der Waals surface area (Å²) in [6.45, 7) is 4.53. The van der Waals surface area contributed by atoms with Gasteiger partial charge >= 0.3 is 0 Å². The molecule has 0 aliphatic rings. The first kappa shape index (κ1) is 15.5. The summed E-state index contributed by atoms with van der Waals surface area (Å²) in [4.78, 5) is 12.5. The van der Waals surface area contributed by atoms with E-state index in [-0.39, 0.29) is 11.7 Å². The standard InChI is InChI=1S/C15H23NO3/c1-10(2)5-12(9-16)15(17)11-6-13(18-3)8-14(7-11)19-4/h6-8,10,12H,5,9,16H2,1-4H3. The molecule has 0 radical (unpaired) electrons. The Morgan fingerprint density at radius 2 is 1.68 bits per heavy atom. The fourth-order valence-electron chi connectivity index (χ4n) is 2.06. The van der Waals surface area contributed by atoms with Crippen LogP contribution in [-0.2, 0) is 0 Å². The summed E-state index contributed by atoms with van der Waals surface area (Å²) < 4.78 is 10.4. The van der Waals surface area contributed by atoms with Crippen molar-refractivity contribution in [3.63, 3.8) is 0 Å². The molecular formula is C15H23NO3. The van der Waals surface area contributed by atoms with Crippen LogP contribution in [0.3, 0.4) is 0 Å². The van der Waals surface area contributed by atoms with Gasteiger partial charge in [0, 0.05) is 24.1 Å². The molecule has 106 valence electrons. The Bertz CT molecular complexity index is 407. The fourth-order valence-corrected chi connectivity index (χ4v) is 2.06. The first-order chi connectivity index (χ1) is 9.01. The van der Waals surface area contributed by atoms with Gasteiger partial charge in [-0.05, 0) is 24.5 Å². The molecule has 19 heavy (non-hydrogen) atoms. The highest BCUT2D eigenvalue weighted by atomic mass is 16.5. The van der Waals surface area contributed by atoms with Crippen LogP contribution >= 0.6 is 0 Å². The van der Waals surface area contributed by atoms with Crippen LogP contribution in [0, 0.1) is 11.8 Å². The second-order valence-electron chi connectivity index (χ2n) is 5.03. The Hall–Kier alpha value is -1.55. The quantitative estimate of drug-likeness (QED) is 0.769. The molecule has 1 aromatic rings. The van der Waals surface area contributed by atoms with Crippen LogP contribution < -0.4 is 15.2 Å². The normalized spacial score (nSPS) is 12.3. The van der Waals surface area contributed by atoms with Gasteiger partial charge in [-0.15, -0.1) is 0 Å². The van der Waals surface area contributed by atoms with E-state index >= 15 is 0 Å². The van der Waals surface area contributed by atoms with Gasteiger partial charge in [-0.25, -0.2) is 0 Å². The van der Waals surface area contributed by atoms with E-state index < -0.39 is 0 Å². The predicted molar refractivity (Wildman–Crippen MR) is 75.9 cm³/mol. The van der Waals surface area contributed by atoms with E-state index in [1.54, 1.807) is 32.4 Å². The molecule has 2 N–H and O–H groups in total. The molecule has 0 saturated heterocycles. The summed E-state index contributed by atoms with van der Waals surface area (Å²) in [5.74, 6) is 1.56. The van der Waals surface area contributed by atoms with Gasteiger partial charge in [0.25, 0.3) is 0 Å². The third-order valence-electron chi connectivity index (χ3n) is 3.05. The molecule has 0 heterocycles. The molecule has 4 heteroatoms. The summed E-state index contributed by atoms with van der Waals surface area (Å²) >= 11 is 0. The zero-order valence-electron chi connectivity index (χ0n) is 12.1. The molecule has 0 aliphatic heterocycles. The molecule has 1 aromatic carbocycles. The molecule has 4 nitrogen and oxygen atoms in total. The molecule has 0 fully saturated rings. The average Bonchev–Trinajstić information content (AvgIpc) is 2.42. The molecule has 1 unspecified atom stereocenters. The lowest BCUT2D eigenvalue weighted by atomic mass is 9.89. The van der Waals surface area contributed by atoms with Crippen molar-refractivity contribution in [1.29, 1.82) is 0 Å². The minimum Gasteiger partial charge on any atom is -0.497 e. The van der Waals surface area contributed by atoms with E-state index in [0.717, 1.165) is 6.42 Å². The predicted octanol–water partition coefficient (Wildman–Crippen LogP) is 2.51. The van der Waals surface area contributed by atoms with Crippen LogP contribution in [0.4, 0.5) is 0 Å². The first-order valence-electron chi connectivity index (χ1n) is 6.49. The number of carbonyl (C=O) groups is 1. The Morgan fingerprint density at radius 1 is 1.16 bits per heavy atom. The average molecular weight is 265 g/mol. The molecule has 0 bridgehead atoms. The highest BCUT2D eigenvalue weighted by Crippen LogP contribution is 2.25. The summed E-state index contributed by atoms with van der Waals surface area (Å²) in [6.07, 6.45) is 0.787. The van der Waals surface area contributed by atoms with E-state index in [2.05, 4.69) is 13.8 Å². The van der Waals surface area contributed by atoms with Gasteiger partial charge in [-0.2, -0.15) is 0 Å². The van der Waals surface area contributed by atoms with Gasteiger partial charge in [0.2, 0.25) is 0 Å². The maximum Gasteiger partial charge on any atom is 0.167 e. The minimum absolute atomic E-state index is 0.0494. The first-order valence-corrected chi connectivity index (χ1v) is 6.49. The van der Waals surface area contributed by atoms with Gasteiger partial charge in [0.15, 0.2) is 5.78 Å². The largest absolute Gasteiger partial charge is 0.497 e. The Morgan fingerprint density at radius 3 is 2.05 bits per heavy atom. The third kappa shape index (κ3) is 4.24. The summed E-state index contributed by atoms with van der Waals surface area (Å²) in [7, 11) is 3.13. The number of rotatable bonds is 7. The Kier molecular flexibility index (Phi) is 5.83. The van der Waals surface area contributed by atoms with E-state index in [1.165, 1.54) is 0 Å². The lowest BCUT2D eigenvalue weighted by molar-refractivity contribution is 0.0908. The van der Waals surface area contributed by atoms with Gasteiger partial charge in [0.05, 0.1) is 14.2 Å². The van der Waals surface area contributed by atoms with E-state index in [0.29, 0.717) is 29.5 Å². The lowest BCUT2D eigenvalue weighted by Gasteiger charge is -2.16. The van der Waals surface area contributed by atoms with Crippen LogP contribution in [0.1, 0.15) is 30.6 Å². The molecule has 0 amide bonds. The van der Waals surface area contributed by atoms with Crippen molar-refractivity contribution >= 4 is 5.78 Å². The van der Waals surface area contributed by atoms with E-state index in [9.17, 15) is 4.79 Å². The molecule has 0 aliphatic carbocycles. The number of hydrogen-bond acceptors (Lipinski definition) is 4. The second kappa shape index (κ2) is 7.14. The SMILES string of the molecule is COc1cc(OC)cc(C(=O)C(CN)CC(C)C)c1. The zero-order valence-corrected chi connectivity index (χ0v) is 12.1. The molecular weight excluding hydrogens is 242 g/mol. The number of nitrogens with two attached hydrogens (primary N) is 1. The van der Waals surface area contributed by atoms with Crippen LogP contribution in [0.25, 0.3) is 0 Å². The number of benzene rings is 1. The maximum absolute atomic E-state index is 12.5. The van der Waals surface area contributed by atoms with Crippen molar-refractivity contribution in [2.45, 2.75) is 20.3 Å². The van der Waals surface area contributed by atoms with Gasteiger partial charge in [0.1, 0.15) is 11.5 Å². The Labute approximate surface area is 114 Å². The molecule has 0 saturated carbocycles. The van der Waals surface area contributed by atoms with Crippen LogP contribution in [0.15, 0.2) is 18.2 Å². The van der Waals surface area contributed by atoms with Crippen molar-refractivity contribution in [3.8, 4) is 11.5 Å². The van der Waals surface area contributed by atoms with Gasteiger partial charge in [-0.3, -0.25) is 4.79 Å². The van der Waals surface area contributed by atoms with Crippen molar-refractivity contribution in [3.05, 3.63) is 23.8 Å². The number of ketones is 1. The van der Waals surface area contributed by atoms with Crippen LogP contribution in [-0.4, -0.2) is 26.5 Å². The topological polar surface area (TPSA) is 61.5 Å². The zero-order chi connectivity index (χ0) is 14.4. The van der Waals surface area contributed by atoms with Gasteiger partial charge in [-0.1, -0.05) is 13.8 Å². The molecule has 0 spiro atoms. The van der Waals surface area contributed by atoms with E-state index in [4.69, 9.17) is 15.2 Å². The fraction of sp³-hybridized carbons (Fsp3) is 0.533. The number of Topliss-reactive ketones (excluding diaryl/α,β-unsaturated/α-hetero) is 1. The lowest BCUT2D eigenvalue weighted by Crippen LogP contribution is -2.25. The van der Waals surface area contributed by atoms with Crippen molar-refractivity contribution in [2.75, 3.05) is 20.8 Å². The van der Waals surface area contributed by atoms with Crippen molar-refractivity contribution in [1.82, 2.24) is 0 Å². The maximum atomic E-state index is 12.5. The van der Waals surface area contributed by atoms with Crippen molar-refractivity contribution in [2.24, 2.45) is 17.6 Å². The second-order valence-corrected chi connectivity index (χ2v) is 5.03. The summed E-state index contributed by atoms with van der Waals surface area (Å²) in [6, 6.07) is 5.21. The van der Waals surface area contributed by atoms with Crippen LogP contribution in [0.5, 0.6) is 11.5 Å². The monoisotopic (exact) mass is 265 g/mol. The smallest absolute Gasteiger partial charge is 0.167 e. The highest BCUT2D eigenvalue weighted by Gasteiger charge is 2.21. The molecule has 1 rings (SSSR count).